The highest BCUT2D eigenvalue weighted by Crippen LogP contribution is 2.47. The quantitative estimate of drug-likeness (QED) is 0.0242. The van der Waals surface area contributed by atoms with Crippen LogP contribution in [0.4, 0.5) is 11.4 Å². The highest BCUT2D eigenvalue weighted by molar-refractivity contribution is 6.03. The van der Waals surface area contributed by atoms with Crippen molar-refractivity contribution >= 4 is 17.1 Å². The molecule has 2 heterocycles. The summed E-state index contributed by atoms with van der Waals surface area (Å²) < 4.78 is 41.4. The van der Waals surface area contributed by atoms with E-state index in [0.717, 1.165) is 13.1 Å². The Kier molecular flexibility index (Phi) is 18.4. The van der Waals surface area contributed by atoms with Crippen LogP contribution in [-0.2, 0) is 44.0 Å². The molecule has 0 aliphatic carbocycles. The third-order valence-electron chi connectivity index (χ3n) is 9.57. The predicted octanol–water partition coefficient (Wildman–Crippen LogP) is 6.91. The average Bonchev–Trinajstić information content (AvgIpc) is 3.52. The summed E-state index contributed by atoms with van der Waals surface area (Å²) in [6.45, 7) is 17.8. The number of benzene rings is 2. The van der Waals surface area contributed by atoms with E-state index >= 15 is 0 Å². The van der Waals surface area contributed by atoms with E-state index in [9.17, 15) is 0 Å². The van der Waals surface area contributed by atoms with Gasteiger partial charge in [0.2, 0.25) is 5.69 Å². The Morgan fingerprint density at radius 3 is 1.91 bits per heavy atom. The summed E-state index contributed by atoms with van der Waals surface area (Å²) in [7, 11) is 1.66. The van der Waals surface area contributed by atoms with Crippen LogP contribution in [0, 0.1) is 0 Å². The van der Waals surface area contributed by atoms with Gasteiger partial charge in [0.25, 0.3) is 0 Å². The molecule has 12 nitrogen and oxygen atoms in total. The molecule has 0 saturated heterocycles. The molecule has 294 valence electrons. The zero-order valence-electron chi connectivity index (χ0n) is 32.9. The van der Waals surface area contributed by atoms with Gasteiger partial charge in [-0.15, -0.1) is 0 Å². The first kappa shape index (κ1) is 42.9. The summed E-state index contributed by atoms with van der Waals surface area (Å²) in [6, 6.07) is 17.3. The highest BCUT2D eigenvalue weighted by atomic mass is 16.6. The van der Waals surface area contributed by atoms with E-state index in [-0.39, 0.29) is 10.8 Å². The van der Waals surface area contributed by atoms with Crippen LogP contribution in [0.15, 0.2) is 89.7 Å². The molecule has 0 fully saturated rings. The number of methoxy groups -OCH3 is 1. The number of fused-ring (bicyclic) bond motifs is 2. The summed E-state index contributed by atoms with van der Waals surface area (Å²) >= 11 is 0. The Balaban J connectivity index is 1.33. The van der Waals surface area contributed by atoms with Gasteiger partial charge in [0, 0.05) is 59.6 Å². The molecule has 2 aliphatic rings. The van der Waals surface area contributed by atoms with Crippen molar-refractivity contribution in [3.63, 3.8) is 0 Å². The number of hydrogen-bond acceptors (Lipinski definition) is 9. The van der Waals surface area contributed by atoms with Crippen LogP contribution in [0.25, 0.3) is 10.4 Å². The molecule has 0 bridgehead atoms. The molecule has 0 spiro atoms. The molecule has 4 rings (SSSR count). The molecule has 0 unspecified atom stereocenters. The van der Waals surface area contributed by atoms with Gasteiger partial charge in [-0.05, 0) is 37.1 Å². The lowest BCUT2D eigenvalue weighted by atomic mass is 9.81. The van der Waals surface area contributed by atoms with Gasteiger partial charge in [-0.2, -0.15) is 4.58 Å². The fraction of sp³-hybridized carbons (Fsp3) is 0.548. The first-order valence-electron chi connectivity index (χ1n) is 19.0. The van der Waals surface area contributed by atoms with E-state index in [0.29, 0.717) is 92.4 Å². The van der Waals surface area contributed by atoms with Gasteiger partial charge >= 0.3 is 0 Å². The number of hydrogen-bond donors (Lipinski definition) is 0. The molecule has 12 heteroatoms. The van der Waals surface area contributed by atoms with Crippen molar-refractivity contribution in [2.75, 3.05) is 118 Å². The molecule has 54 heavy (non-hydrogen) atoms. The smallest absolute Gasteiger partial charge is 0.209 e. The zero-order valence-corrected chi connectivity index (χ0v) is 32.9. The van der Waals surface area contributed by atoms with Crippen molar-refractivity contribution in [1.29, 1.82) is 0 Å². The number of anilines is 1. The third-order valence-corrected chi connectivity index (χ3v) is 9.57. The molecular weight excluding hydrogens is 686 g/mol. The van der Waals surface area contributed by atoms with Gasteiger partial charge in [0.1, 0.15) is 6.61 Å². The third kappa shape index (κ3) is 12.3. The van der Waals surface area contributed by atoms with Crippen LogP contribution >= 0.6 is 0 Å². The van der Waals surface area contributed by atoms with Gasteiger partial charge in [0.05, 0.1) is 84.7 Å². The number of para-hydroxylation sites is 2. The summed E-state index contributed by atoms with van der Waals surface area (Å²) in [4.78, 5) is 5.08. The summed E-state index contributed by atoms with van der Waals surface area (Å²) in [5.74, 6) is 0. The van der Waals surface area contributed by atoms with Crippen molar-refractivity contribution in [2.24, 2.45) is 5.11 Å². The maximum Gasteiger partial charge on any atom is 0.209 e. The van der Waals surface area contributed by atoms with Crippen molar-refractivity contribution in [1.82, 2.24) is 0 Å². The van der Waals surface area contributed by atoms with E-state index in [1.165, 1.54) is 33.9 Å². The van der Waals surface area contributed by atoms with Gasteiger partial charge in [-0.1, -0.05) is 73.6 Å². The molecule has 2 aromatic rings. The largest absolute Gasteiger partial charge is 0.382 e. The van der Waals surface area contributed by atoms with Gasteiger partial charge < -0.3 is 38.1 Å². The van der Waals surface area contributed by atoms with Gasteiger partial charge in [-0.25, -0.2) is 0 Å². The Morgan fingerprint density at radius 2 is 1.24 bits per heavy atom. The summed E-state index contributed by atoms with van der Waals surface area (Å²) in [5.41, 5.74) is 15.5. The van der Waals surface area contributed by atoms with Crippen molar-refractivity contribution < 1.29 is 37.7 Å². The van der Waals surface area contributed by atoms with Gasteiger partial charge in [0.15, 0.2) is 12.3 Å². The number of nitrogens with zero attached hydrogens (tertiary/aromatic N) is 5. The SMILES string of the molecule is COCCOCCOCCOCC[N+]1=C(/C=C/C=C/C=C2\N(CCOCCOCCOCCN=[N+]=[N-])c3ccccc3C2(C)C)C(C)(C)c2ccccc21. The van der Waals surface area contributed by atoms with Crippen LogP contribution in [0.3, 0.4) is 0 Å². The fourth-order valence-electron chi connectivity index (χ4n) is 6.81. The van der Waals surface area contributed by atoms with E-state index in [1.807, 2.05) is 0 Å². The van der Waals surface area contributed by atoms with Gasteiger partial charge in [-0.3, -0.25) is 0 Å². The maximum atomic E-state index is 8.31. The molecule has 2 aromatic carbocycles. The first-order chi connectivity index (χ1) is 26.3. The summed E-state index contributed by atoms with van der Waals surface area (Å²) in [5, 5.41) is 3.44. The van der Waals surface area contributed by atoms with Crippen molar-refractivity contribution in [3.8, 4) is 0 Å². The van der Waals surface area contributed by atoms with Crippen LogP contribution in [0.1, 0.15) is 38.8 Å². The van der Waals surface area contributed by atoms with Crippen molar-refractivity contribution in [2.45, 2.75) is 38.5 Å². The van der Waals surface area contributed by atoms with E-state index in [1.54, 1.807) is 7.11 Å². The number of rotatable bonds is 27. The average molecular weight is 747 g/mol. The molecule has 2 aliphatic heterocycles. The normalized spacial score (nSPS) is 16.5. The fourth-order valence-corrected chi connectivity index (χ4v) is 6.81. The topological polar surface area (TPSA) is 120 Å². The Bertz CT molecular complexity index is 1610. The second-order valence-electron chi connectivity index (χ2n) is 13.9. The standard InChI is InChI=1S/C42H60N5O7/c1-41(2)35-13-9-11-15-37(35)46(20-23-50-28-31-53-30-27-49-22-19-44-45-43)39(41)17-7-6-8-18-40-42(3,4)36-14-10-12-16-38(36)47(40)21-24-51-29-32-54-34-33-52-26-25-48-5/h6-18H,19-34H2,1-5H3/q+1. The number of allylic oxidation sites excluding steroid dienone is 6. The minimum atomic E-state index is -0.157. The molecule has 0 amide bonds. The molecule has 0 aromatic heterocycles. The van der Waals surface area contributed by atoms with Crippen molar-refractivity contribution in [3.05, 3.63) is 106 Å². The number of ether oxygens (including phenoxy) is 7. The lowest BCUT2D eigenvalue weighted by Gasteiger charge is -2.27. The van der Waals surface area contributed by atoms with Crippen LogP contribution in [0.5, 0.6) is 0 Å². The highest BCUT2D eigenvalue weighted by Gasteiger charge is 2.44. The molecule has 0 atom stereocenters. The number of azide groups is 1. The minimum Gasteiger partial charge on any atom is -0.382 e. The zero-order chi connectivity index (χ0) is 38.5. The molecule has 0 N–H and O–H groups in total. The second kappa shape index (κ2) is 23.2. The lowest BCUT2D eigenvalue weighted by Crippen LogP contribution is -2.29. The van der Waals surface area contributed by atoms with Crippen LogP contribution in [-0.4, -0.2) is 123 Å². The van der Waals surface area contributed by atoms with E-state index in [4.69, 9.17) is 38.7 Å². The lowest BCUT2D eigenvalue weighted by molar-refractivity contribution is -0.442. The first-order valence-corrected chi connectivity index (χ1v) is 19.0. The van der Waals surface area contributed by atoms with Crippen LogP contribution in [0.2, 0.25) is 0 Å². The molecular formula is C42H60N5O7+. The Hall–Kier alpha value is -3.84. The predicted molar refractivity (Wildman–Crippen MR) is 213 cm³/mol. The molecule has 0 radical (unpaired) electrons. The van der Waals surface area contributed by atoms with E-state index < -0.39 is 0 Å². The van der Waals surface area contributed by atoms with Crippen LogP contribution < -0.4 is 4.90 Å². The molecule has 0 saturated carbocycles. The van der Waals surface area contributed by atoms with E-state index in [2.05, 4.69) is 126 Å². The second-order valence-corrected chi connectivity index (χ2v) is 13.9. The Morgan fingerprint density at radius 1 is 0.667 bits per heavy atom. The maximum absolute atomic E-state index is 8.31. The minimum absolute atomic E-state index is 0.149. The summed E-state index contributed by atoms with van der Waals surface area (Å²) in [6.07, 6.45) is 10.9. The monoisotopic (exact) mass is 746 g/mol. The Labute approximate surface area is 321 Å².